The van der Waals surface area contributed by atoms with Gasteiger partial charge in [-0.15, -0.1) is 0 Å². The summed E-state index contributed by atoms with van der Waals surface area (Å²) in [5.41, 5.74) is -0.0786. The maximum atomic E-state index is 13.2. The van der Waals surface area contributed by atoms with E-state index < -0.39 is 17.7 Å². The molecule has 102 valence electrons. The number of nitrogens with one attached hydrogen (secondary N) is 1. The molecule has 5 nitrogen and oxygen atoms in total. The summed E-state index contributed by atoms with van der Waals surface area (Å²) in [7, 11) is 0. The standard InChI is InChI=1S/C13H8BrFN2O3/c14-8-3-7(5-16-6-8)12(18)17-11-4-9(15)1-2-10(11)13(19)20/h1-6H,(H,17,18)(H,19,20). The Balaban J connectivity index is 2.32. The van der Waals surface area contributed by atoms with Gasteiger partial charge in [-0.1, -0.05) is 0 Å². The lowest BCUT2D eigenvalue weighted by atomic mass is 10.1. The van der Waals surface area contributed by atoms with E-state index >= 15 is 0 Å². The number of rotatable bonds is 3. The van der Waals surface area contributed by atoms with Gasteiger partial charge in [-0.25, -0.2) is 9.18 Å². The Hall–Kier alpha value is -2.28. The predicted octanol–water partition coefficient (Wildman–Crippen LogP) is 2.93. The summed E-state index contributed by atoms with van der Waals surface area (Å²) in [4.78, 5) is 26.8. The second-order valence-corrected chi connectivity index (χ2v) is 4.76. The molecule has 0 saturated carbocycles. The zero-order chi connectivity index (χ0) is 14.7. The van der Waals surface area contributed by atoms with Crippen LogP contribution >= 0.6 is 15.9 Å². The lowest BCUT2D eigenvalue weighted by molar-refractivity contribution is 0.0698. The minimum Gasteiger partial charge on any atom is -0.478 e. The lowest BCUT2D eigenvalue weighted by Gasteiger charge is -2.08. The fourth-order valence-electron chi connectivity index (χ4n) is 1.54. The van der Waals surface area contributed by atoms with Crippen molar-refractivity contribution in [3.05, 3.63) is 58.1 Å². The normalized spacial score (nSPS) is 10.1. The van der Waals surface area contributed by atoms with Gasteiger partial charge in [-0.05, 0) is 40.2 Å². The summed E-state index contributed by atoms with van der Waals surface area (Å²) in [6.07, 6.45) is 2.82. The summed E-state index contributed by atoms with van der Waals surface area (Å²) in [5, 5.41) is 11.3. The number of aromatic nitrogens is 1. The van der Waals surface area contributed by atoms with Crippen molar-refractivity contribution in [3.63, 3.8) is 0 Å². The fourth-order valence-corrected chi connectivity index (χ4v) is 1.90. The first kappa shape index (κ1) is 14.1. The minimum absolute atomic E-state index is 0.109. The topological polar surface area (TPSA) is 79.3 Å². The van der Waals surface area contributed by atoms with E-state index in [-0.39, 0.29) is 16.8 Å². The van der Waals surface area contributed by atoms with Gasteiger partial charge in [0.25, 0.3) is 5.91 Å². The third-order valence-corrected chi connectivity index (χ3v) is 2.86. The molecule has 1 aromatic carbocycles. The molecule has 0 aliphatic heterocycles. The number of carboxylic acid groups (broad SMARTS) is 1. The molecule has 0 radical (unpaired) electrons. The van der Waals surface area contributed by atoms with E-state index in [0.29, 0.717) is 4.47 Å². The van der Waals surface area contributed by atoms with E-state index in [1.807, 2.05) is 0 Å². The lowest BCUT2D eigenvalue weighted by Crippen LogP contribution is -2.15. The quantitative estimate of drug-likeness (QED) is 0.901. The molecule has 2 rings (SSSR count). The van der Waals surface area contributed by atoms with Crippen molar-refractivity contribution in [2.45, 2.75) is 0 Å². The Morgan fingerprint density at radius 2 is 2.00 bits per heavy atom. The summed E-state index contributed by atoms with van der Waals surface area (Å²) in [5.74, 6) is -2.47. The van der Waals surface area contributed by atoms with Gasteiger partial charge >= 0.3 is 5.97 Å². The highest BCUT2D eigenvalue weighted by Gasteiger charge is 2.14. The van der Waals surface area contributed by atoms with Crippen molar-refractivity contribution >= 4 is 33.5 Å². The van der Waals surface area contributed by atoms with E-state index in [4.69, 9.17) is 5.11 Å². The Bertz CT molecular complexity index is 691. The van der Waals surface area contributed by atoms with Gasteiger partial charge in [0.2, 0.25) is 0 Å². The number of anilines is 1. The van der Waals surface area contributed by atoms with E-state index in [0.717, 1.165) is 18.2 Å². The molecular weight excluding hydrogens is 331 g/mol. The van der Waals surface area contributed by atoms with Gasteiger partial charge in [0.15, 0.2) is 0 Å². The molecule has 1 heterocycles. The van der Waals surface area contributed by atoms with Crippen molar-refractivity contribution in [1.82, 2.24) is 4.98 Å². The van der Waals surface area contributed by atoms with Crippen LogP contribution in [-0.2, 0) is 0 Å². The van der Waals surface area contributed by atoms with Crippen LogP contribution in [0, 0.1) is 5.82 Å². The molecule has 1 amide bonds. The Morgan fingerprint density at radius 3 is 2.65 bits per heavy atom. The van der Waals surface area contributed by atoms with Crippen LogP contribution in [0.25, 0.3) is 0 Å². The highest BCUT2D eigenvalue weighted by molar-refractivity contribution is 9.10. The smallest absolute Gasteiger partial charge is 0.337 e. The van der Waals surface area contributed by atoms with Gasteiger partial charge in [-0.2, -0.15) is 0 Å². The molecule has 2 aromatic rings. The van der Waals surface area contributed by atoms with Crippen LogP contribution in [0.3, 0.4) is 0 Å². The molecule has 0 spiro atoms. The van der Waals surface area contributed by atoms with E-state index in [1.54, 1.807) is 0 Å². The first-order valence-corrected chi connectivity index (χ1v) is 6.21. The number of carbonyl (C=O) groups excluding carboxylic acids is 1. The van der Waals surface area contributed by atoms with Crippen molar-refractivity contribution in [3.8, 4) is 0 Å². The third kappa shape index (κ3) is 3.18. The SMILES string of the molecule is O=C(Nc1cc(F)ccc1C(=O)O)c1cncc(Br)c1. The van der Waals surface area contributed by atoms with Crippen LogP contribution < -0.4 is 5.32 Å². The zero-order valence-corrected chi connectivity index (χ0v) is 11.5. The zero-order valence-electron chi connectivity index (χ0n) is 9.93. The summed E-state index contributed by atoms with van der Waals surface area (Å²) >= 11 is 3.17. The van der Waals surface area contributed by atoms with Crippen LogP contribution in [-0.4, -0.2) is 22.0 Å². The molecule has 0 saturated heterocycles. The highest BCUT2D eigenvalue weighted by atomic mass is 79.9. The average Bonchev–Trinajstić information content (AvgIpc) is 2.38. The highest BCUT2D eigenvalue weighted by Crippen LogP contribution is 2.19. The molecular formula is C13H8BrFN2O3. The number of hydrogen-bond donors (Lipinski definition) is 2. The van der Waals surface area contributed by atoms with Crippen LogP contribution in [0.2, 0.25) is 0 Å². The van der Waals surface area contributed by atoms with Gasteiger partial charge in [0.05, 0.1) is 16.8 Å². The molecule has 20 heavy (non-hydrogen) atoms. The summed E-state index contributed by atoms with van der Waals surface area (Å²) in [6, 6.07) is 4.57. The number of carboxylic acids is 1. The molecule has 2 N–H and O–H groups in total. The Morgan fingerprint density at radius 1 is 1.25 bits per heavy atom. The number of nitrogens with zero attached hydrogens (tertiary/aromatic N) is 1. The maximum absolute atomic E-state index is 13.2. The molecule has 0 unspecified atom stereocenters. The fraction of sp³-hybridized carbons (Fsp3) is 0. The van der Waals surface area contributed by atoms with Crippen LogP contribution in [0.1, 0.15) is 20.7 Å². The minimum atomic E-state index is -1.26. The molecule has 0 fully saturated rings. The van der Waals surface area contributed by atoms with Crippen LogP contribution in [0.15, 0.2) is 41.1 Å². The molecule has 0 atom stereocenters. The first-order chi connectivity index (χ1) is 9.47. The van der Waals surface area contributed by atoms with Crippen molar-refractivity contribution in [1.29, 1.82) is 0 Å². The second-order valence-electron chi connectivity index (χ2n) is 3.84. The number of hydrogen-bond acceptors (Lipinski definition) is 3. The molecule has 0 aliphatic rings. The van der Waals surface area contributed by atoms with Crippen molar-refractivity contribution < 1.29 is 19.1 Å². The summed E-state index contributed by atoms with van der Waals surface area (Å²) < 4.78 is 13.8. The average molecular weight is 339 g/mol. The number of aromatic carboxylic acids is 1. The van der Waals surface area contributed by atoms with Crippen LogP contribution in [0.5, 0.6) is 0 Å². The third-order valence-electron chi connectivity index (χ3n) is 2.43. The van der Waals surface area contributed by atoms with Crippen molar-refractivity contribution in [2.24, 2.45) is 0 Å². The number of pyridine rings is 1. The Kier molecular flexibility index (Phi) is 4.09. The monoisotopic (exact) mass is 338 g/mol. The molecule has 0 aliphatic carbocycles. The van der Waals surface area contributed by atoms with Gasteiger partial charge in [0.1, 0.15) is 5.82 Å². The first-order valence-electron chi connectivity index (χ1n) is 5.42. The summed E-state index contributed by atoms with van der Waals surface area (Å²) in [6.45, 7) is 0. The largest absolute Gasteiger partial charge is 0.478 e. The predicted molar refractivity (Wildman–Crippen MR) is 73.2 cm³/mol. The maximum Gasteiger partial charge on any atom is 0.337 e. The molecule has 7 heteroatoms. The van der Waals surface area contributed by atoms with Crippen molar-refractivity contribution in [2.75, 3.05) is 5.32 Å². The number of amides is 1. The van der Waals surface area contributed by atoms with E-state index in [1.165, 1.54) is 18.5 Å². The molecule has 1 aromatic heterocycles. The Labute approximate surface area is 121 Å². The second kappa shape index (κ2) is 5.79. The van der Waals surface area contributed by atoms with E-state index in [9.17, 15) is 14.0 Å². The number of benzene rings is 1. The van der Waals surface area contributed by atoms with E-state index in [2.05, 4.69) is 26.2 Å². The van der Waals surface area contributed by atoms with Crippen LogP contribution in [0.4, 0.5) is 10.1 Å². The number of halogens is 2. The van der Waals surface area contributed by atoms with Gasteiger partial charge in [-0.3, -0.25) is 9.78 Å². The van der Waals surface area contributed by atoms with Gasteiger partial charge in [0, 0.05) is 16.9 Å². The van der Waals surface area contributed by atoms with Gasteiger partial charge < -0.3 is 10.4 Å². The molecule has 0 bridgehead atoms. The number of carbonyl (C=O) groups is 2.